The third kappa shape index (κ3) is 2.43. The van der Waals surface area contributed by atoms with Gasteiger partial charge < -0.3 is 10.4 Å². The van der Waals surface area contributed by atoms with Crippen LogP contribution in [0.3, 0.4) is 0 Å². The number of nitrogens with one attached hydrogen (secondary N) is 1. The first kappa shape index (κ1) is 10.5. The maximum Gasteiger partial charge on any atom is 0.345 e. The van der Waals surface area contributed by atoms with E-state index in [0.717, 1.165) is 11.3 Å². The zero-order valence-electron chi connectivity index (χ0n) is 7.32. The molecule has 0 saturated carbocycles. The van der Waals surface area contributed by atoms with Gasteiger partial charge in [0.15, 0.2) is 0 Å². The second-order valence-electron chi connectivity index (χ2n) is 2.47. The molecule has 0 bridgehead atoms. The van der Waals surface area contributed by atoms with Crippen LogP contribution >= 0.6 is 11.3 Å². The Labute approximate surface area is 84.9 Å². The number of aromatic carboxylic acids is 1. The highest BCUT2D eigenvalue weighted by Gasteiger charge is 2.11. The SMILES string of the molecule is C=CCNC(=O)c1ccc(C(=O)O)s1. The Morgan fingerprint density at radius 2 is 2.14 bits per heavy atom. The number of carboxylic acid groups (broad SMARTS) is 1. The van der Waals surface area contributed by atoms with Crippen molar-refractivity contribution in [2.24, 2.45) is 0 Å². The van der Waals surface area contributed by atoms with E-state index in [4.69, 9.17) is 5.11 Å². The first-order valence-electron chi connectivity index (χ1n) is 3.87. The Balaban J connectivity index is 2.71. The van der Waals surface area contributed by atoms with Crippen LogP contribution < -0.4 is 5.32 Å². The third-order valence-corrected chi connectivity index (χ3v) is 2.52. The fourth-order valence-electron chi connectivity index (χ4n) is 0.827. The van der Waals surface area contributed by atoms with E-state index < -0.39 is 5.97 Å². The van der Waals surface area contributed by atoms with E-state index >= 15 is 0 Å². The molecule has 1 aromatic rings. The topological polar surface area (TPSA) is 66.4 Å². The lowest BCUT2D eigenvalue weighted by molar-refractivity contribution is 0.0702. The van der Waals surface area contributed by atoms with Crippen molar-refractivity contribution in [3.05, 3.63) is 34.5 Å². The van der Waals surface area contributed by atoms with Crippen molar-refractivity contribution >= 4 is 23.2 Å². The zero-order chi connectivity index (χ0) is 10.6. The number of hydrogen-bond donors (Lipinski definition) is 2. The monoisotopic (exact) mass is 211 g/mol. The summed E-state index contributed by atoms with van der Waals surface area (Å²) in [4.78, 5) is 22.4. The predicted octanol–water partition coefficient (Wildman–Crippen LogP) is 1.36. The lowest BCUT2D eigenvalue weighted by Crippen LogP contribution is -2.21. The maximum absolute atomic E-state index is 11.3. The standard InChI is InChI=1S/C9H9NO3S/c1-2-5-10-8(11)6-3-4-7(14-6)9(12)13/h2-4H,1,5H2,(H,10,11)(H,12,13). The van der Waals surface area contributed by atoms with Gasteiger partial charge >= 0.3 is 5.97 Å². The lowest BCUT2D eigenvalue weighted by Gasteiger charge is -1.97. The number of amides is 1. The molecule has 4 nitrogen and oxygen atoms in total. The summed E-state index contributed by atoms with van der Waals surface area (Å²) in [5.41, 5.74) is 0. The summed E-state index contributed by atoms with van der Waals surface area (Å²) >= 11 is 0.954. The fourth-order valence-corrected chi connectivity index (χ4v) is 1.59. The molecular formula is C9H9NO3S. The van der Waals surface area contributed by atoms with Gasteiger partial charge in [0.25, 0.3) is 5.91 Å². The van der Waals surface area contributed by atoms with Gasteiger partial charge in [0.05, 0.1) is 4.88 Å². The van der Waals surface area contributed by atoms with E-state index in [-0.39, 0.29) is 10.8 Å². The molecule has 1 rings (SSSR count). The van der Waals surface area contributed by atoms with E-state index in [2.05, 4.69) is 11.9 Å². The van der Waals surface area contributed by atoms with E-state index in [1.807, 2.05) is 0 Å². The van der Waals surface area contributed by atoms with Gasteiger partial charge in [0.2, 0.25) is 0 Å². The summed E-state index contributed by atoms with van der Waals surface area (Å²) in [7, 11) is 0. The van der Waals surface area contributed by atoms with Gasteiger partial charge in [-0.3, -0.25) is 4.79 Å². The van der Waals surface area contributed by atoms with Crippen LogP contribution in [0.4, 0.5) is 0 Å². The van der Waals surface area contributed by atoms with Crippen molar-refractivity contribution in [2.75, 3.05) is 6.54 Å². The van der Waals surface area contributed by atoms with Crippen molar-refractivity contribution in [1.82, 2.24) is 5.32 Å². The minimum atomic E-state index is -1.02. The summed E-state index contributed by atoms with van der Waals surface area (Å²) < 4.78 is 0. The fraction of sp³-hybridized carbons (Fsp3) is 0.111. The molecule has 0 radical (unpaired) electrons. The summed E-state index contributed by atoms with van der Waals surface area (Å²) in [5, 5.41) is 11.2. The largest absolute Gasteiger partial charge is 0.477 e. The molecule has 14 heavy (non-hydrogen) atoms. The van der Waals surface area contributed by atoms with Crippen molar-refractivity contribution < 1.29 is 14.7 Å². The molecule has 0 aliphatic heterocycles. The van der Waals surface area contributed by atoms with E-state index in [0.29, 0.717) is 11.4 Å². The highest BCUT2D eigenvalue weighted by molar-refractivity contribution is 7.15. The maximum atomic E-state index is 11.3. The van der Waals surface area contributed by atoms with Gasteiger partial charge in [-0.25, -0.2) is 4.79 Å². The van der Waals surface area contributed by atoms with Crippen LogP contribution in [0.1, 0.15) is 19.3 Å². The minimum absolute atomic E-state index is 0.161. The average Bonchev–Trinajstić information content (AvgIpc) is 2.62. The molecule has 0 fully saturated rings. The Hall–Kier alpha value is -1.62. The highest BCUT2D eigenvalue weighted by Crippen LogP contribution is 2.15. The van der Waals surface area contributed by atoms with E-state index in [1.165, 1.54) is 12.1 Å². The molecular weight excluding hydrogens is 202 g/mol. The zero-order valence-corrected chi connectivity index (χ0v) is 8.13. The van der Waals surface area contributed by atoms with E-state index in [1.54, 1.807) is 6.08 Å². The van der Waals surface area contributed by atoms with Crippen LogP contribution in [0, 0.1) is 0 Å². The average molecular weight is 211 g/mol. The molecule has 0 saturated heterocycles. The minimum Gasteiger partial charge on any atom is -0.477 e. The summed E-state index contributed by atoms with van der Waals surface area (Å²) in [6.07, 6.45) is 1.56. The highest BCUT2D eigenvalue weighted by atomic mass is 32.1. The second kappa shape index (κ2) is 4.57. The summed E-state index contributed by atoms with van der Waals surface area (Å²) in [6, 6.07) is 2.91. The Morgan fingerprint density at radius 1 is 1.50 bits per heavy atom. The Kier molecular flexibility index (Phi) is 3.41. The van der Waals surface area contributed by atoms with Crippen LogP contribution in [0.2, 0.25) is 0 Å². The lowest BCUT2D eigenvalue weighted by atomic mass is 10.4. The number of carbonyl (C=O) groups excluding carboxylic acids is 1. The van der Waals surface area contributed by atoms with Gasteiger partial charge in [-0.15, -0.1) is 17.9 Å². The first-order valence-corrected chi connectivity index (χ1v) is 4.69. The van der Waals surface area contributed by atoms with Crippen molar-refractivity contribution in [2.45, 2.75) is 0 Å². The van der Waals surface area contributed by atoms with Crippen LogP contribution in [0.25, 0.3) is 0 Å². The normalized spacial score (nSPS) is 9.43. The van der Waals surface area contributed by atoms with Crippen molar-refractivity contribution in [3.63, 3.8) is 0 Å². The second-order valence-corrected chi connectivity index (χ2v) is 3.55. The quantitative estimate of drug-likeness (QED) is 0.739. The smallest absolute Gasteiger partial charge is 0.345 e. The predicted molar refractivity (Wildman–Crippen MR) is 53.8 cm³/mol. The summed E-state index contributed by atoms with van der Waals surface area (Å²) in [6.45, 7) is 3.83. The van der Waals surface area contributed by atoms with Crippen LogP contribution in [0.15, 0.2) is 24.8 Å². The number of carboxylic acids is 1. The van der Waals surface area contributed by atoms with Crippen LogP contribution in [-0.2, 0) is 0 Å². The van der Waals surface area contributed by atoms with Crippen LogP contribution in [0.5, 0.6) is 0 Å². The molecule has 1 heterocycles. The van der Waals surface area contributed by atoms with Gasteiger partial charge in [0.1, 0.15) is 4.88 Å². The van der Waals surface area contributed by atoms with Crippen molar-refractivity contribution in [1.29, 1.82) is 0 Å². The molecule has 74 valence electrons. The molecule has 5 heteroatoms. The first-order chi connectivity index (χ1) is 6.65. The molecule has 0 atom stereocenters. The van der Waals surface area contributed by atoms with Gasteiger partial charge in [-0.05, 0) is 12.1 Å². The number of thiophene rings is 1. The molecule has 1 amide bonds. The molecule has 0 aliphatic rings. The third-order valence-electron chi connectivity index (χ3n) is 1.45. The van der Waals surface area contributed by atoms with Gasteiger partial charge in [0, 0.05) is 6.54 Å². The number of carbonyl (C=O) groups is 2. The summed E-state index contributed by atoms with van der Waals surface area (Å²) in [5.74, 6) is -1.29. The number of rotatable bonds is 4. The van der Waals surface area contributed by atoms with Gasteiger partial charge in [-0.2, -0.15) is 0 Å². The van der Waals surface area contributed by atoms with Gasteiger partial charge in [-0.1, -0.05) is 6.08 Å². The molecule has 0 aromatic carbocycles. The molecule has 2 N–H and O–H groups in total. The van der Waals surface area contributed by atoms with Crippen LogP contribution in [-0.4, -0.2) is 23.5 Å². The van der Waals surface area contributed by atoms with E-state index in [9.17, 15) is 9.59 Å². The Bertz CT molecular complexity index is 370. The molecule has 0 aliphatic carbocycles. The molecule has 0 unspecified atom stereocenters. The Morgan fingerprint density at radius 3 is 2.64 bits per heavy atom. The molecule has 0 spiro atoms. The number of hydrogen-bond acceptors (Lipinski definition) is 3. The molecule has 1 aromatic heterocycles. The van der Waals surface area contributed by atoms with Crippen molar-refractivity contribution in [3.8, 4) is 0 Å².